The third-order valence-corrected chi connectivity index (χ3v) is 3.08. The van der Waals surface area contributed by atoms with Crippen LogP contribution >= 0.6 is 0 Å². The molecule has 1 aromatic carbocycles. The van der Waals surface area contributed by atoms with Gasteiger partial charge < -0.3 is 15.2 Å². The molecule has 21 heavy (non-hydrogen) atoms. The number of primary amides is 1. The summed E-state index contributed by atoms with van der Waals surface area (Å²) in [5.41, 5.74) is 8.21. The summed E-state index contributed by atoms with van der Waals surface area (Å²) >= 11 is 0. The van der Waals surface area contributed by atoms with Crippen molar-refractivity contribution in [2.45, 2.75) is 33.5 Å². The zero-order chi connectivity index (χ0) is 14.9. The van der Waals surface area contributed by atoms with Crippen molar-refractivity contribution in [2.75, 3.05) is 0 Å². The SMILES string of the molecule is Cc1cc2c(c(C)c1C=CC=CC(N)=O)OC(C)(C)O2.[LiH]. The van der Waals surface area contributed by atoms with Crippen LogP contribution in [0.1, 0.15) is 30.5 Å². The predicted octanol–water partition coefficient (Wildman–Crippen LogP) is 2.22. The number of fused-ring (bicyclic) bond motifs is 1. The molecule has 0 bridgehead atoms. The van der Waals surface area contributed by atoms with Gasteiger partial charge in [-0.15, -0.1) is 0 Å². The van der Waals surface area contributed by atoms with Crippen molar-refractivity contribution >= 4 is 30.8 Å². The second kappa shape index (κ2) is 6.42. The first-order chi connectivity index (χ1) is 9.30. The van der Waals surface area contributed by atoms with Crippen LogP contribution in [-0.4, -0.2) is 30.6 Å². The summed E-state index contributed by atoms with van der Waals surface area (Å²) in [7, 11) is 0. The van der Waals surface area contributed by atoms with Crippen molar-refractivity contribution in [3.8, 4) is 11.5 Å². The van der Waals surface area contributed by atoms with Gasteiger partial charge in [0.15, 0.2) is 11.5 Å². The molecule has 5 heteroatoms. The van der Waals surface area contributed by atoms with Crippen LogP contribution in [0.15, 0.2) is 24.3 Å². The Bertz CT molecular complexity index is 618. The Morgan fingerprint density at radius 1 is 1.24 bits per heavy atom. The zero-order valence-electron chi connectivity index (χ0n) is 12.2. The average molecular weight is 281 g/mol. The summed E-state index contributed by atoms with van der Waals surface area (Å²) in [5.74, 6) is 0.456. The Kier molecular flexibility index (Phi) is 5.33. The van der Waals surface area contributed by atoms with E-state index in [1.165, 1.54) is 6.08 Å². The van der Waals surface area contributed by atoms with Crippen LogP contribution in [-0.2, 0) is 4.79 Å². The first-order valence-electron chi connectivity index (χ1n) is 6.46. The van der Waals surface area contributed by atoms with Crippen molar-refractivity contribution in [2.24, 2.45) is 5.73 Å². The first kappa shape index (κ1) is 17.4. The van der Waals surface area contributed by atoms with Crippen LogP contribution in [0.2, 0.25) is 0 Å². The van der Waals surface area contributed by atoms with Crippen molar-refractivity contribution in [3.05, 3.63) is 41.0 Å². The molecule has 0 fully saturated rings. The summed E-state index contributed by atoms with van der Waals surface area (Å²) in [6, 6.07) is 1.97. The summed E-state index contributed by atoms with van der Waals surface area (Å²) in [6.07, 6.45) is 6.65. The fourth-order valence-corrected chi connectivity index (χ4v) is 2.24. The van der Waals surface area contributed by atoms with Gasteiger partial charge in [-0.3, -0.25) is 4.79 Å². The van der Waals surface area contributed by atoms with Gasteiger partial charge in [-0.25, -0.2) is 0 Å². The van der Waals surface area contributed by atoms with Gasteiger partial charge in [-0.05, 0) is 31.0 Å². The number of hydrogen-bond donors (Lipinski definition) is 1. The molecular weight excluding hydrogens is 261 g/mol. The van der Waals surface area contributed by atoms with Crippen molar-refractivity contribution in [1.82, 2.24) is 0 Å². The summed E-state index contributed by atoms with van der Waals surface area (Å²) in [6.45, 7) is 7.77. The number of carbonyl (C=O) groups is 1. The second-order valence-electron chi connectivity index (χ2n) is 5.28. The monoisotopic (exact) mass is 281 g/mol. The number of hydrogen-bond acceptors (Lipinski definition) is 3. The molecule has 0 radical (unpaired) electrons. The van der Waals surface area contributed by atoms with Crippen LogP contribution < -0.4 is 15.2 Å². The zero-order valence-corrected chi connectivity index (χ0v) is 12.2. The quantitative estimate of drug-likeness (QED) is 0.525. The van der Waals surface area contributed by atoms with E-state index in [1.807, 2.05) is 39.8 Å². The van der Waals surface area contributed by atoms with Gasteiger partial charge in [0.25, 0.3) is 0 Å². The van der Waals surface area contributed by atoms with E-state index in [0.29, 0.717) is 0 Å². The van der Waals surface area contributed by atoms with Crippen LogP contribution in [0.3, 0.4) is 0 Å². The van der Waals surface area contributed by atoms with Gasteiger partial charge >= 0.3 is 18.9 Å². The molecule has 0 saturated heterocycles. The Morgan fingerprint density at radius 2 is 1.90 bits per heavy atom. The Balaban J connectivity index is 0.00000220. The topological polar surface area (TPSA) is 61.6 Å². The molecule has 2 rings (SSSR count). The molecule has 0 unspecified atom stereocenters. The van der Waals surface area contributed by atoms with Gasteiger partial charge in [-0.2, -0.15) is 0 Å². The molecule has 2 N–H and O–H groups in total. The third-order valence-electron chi connectivity index (χ3n) is 3.08. The second-order valence-corrected chi connectivity index (χ2v) is 5.28. The van der Waals surface area contributed by atoms with E-state index in [-0.39, 0.29) is 18.9 Å². The van der Waals surface area contributed by atoms with Gasteiger partial charge in [0.1, 0.15) is 0 Å². The number of rotatable bonds is 3. The van der Waals surface area contributed by atoms with E-state index in [4.69, 9.17) is 15.2 Å². The normalized spacial score (nSPS) is 15.4. The molecular formula is C16H20LiNO3. The third kappa shape index (κ3) is 3.93. The molecule has 0 aromatic heterocycles. The molecule has 1 amide bonds. The number of ether oxygens (including phenoxy) is 2. The standard InChI is InChI=1S/C16H19NO3.Li.H/c1-10-9-13-15(20-16(3,4)19-13)11(2)12(10)7-5-6-8-14(17)18;;/h5-9H,1-4H3,(H2,17,18);;. The molecule has 4 nitrogen and oxygen atoms in total. The molecule has 1 aliphatic heterocycles. The van der Waals surface area contributed by atoms with E-state index in [0.717, 1.165) is 28.2 Å². The van der Waals surface area contributed by atoms with E-state index in [9.17, 15) is 4.79 Å². The van der Waals surface area contributed by atoms with Gasteiger partial charge in [0.05, 0.1) is 0 Å². The molecule has 108 valence electrons. The minimum absolute atomic E-state index is 0. The molecule has 0 saturated carbocycles. The van der Waals surface area contributed by atoms with Crippen LogP contribution in [0, 0.1) is 13.8 Å². The average Bonchev–Trinajstić information content (AvgIpc) is 2.62. The Morgan fingerprint density at radius 3 is 2.52 bits per heavy atom. The molecule has 1 heterocycles. The molecule has 0 aliphatic carbocycles. The van der Waals surface area contributed by atoms with Gasteiger partial charge in [0, 0.05) is 25.5 Å². The van der Waals surface area contributed by atoms with E-state index in [2.05, 4.69) is 0 Å². The van der Waals surface area contributed by atoms with Crippen molar-refractivity contribution in [1.29, 1.82) is 0 Å². The first-order valence-corrected chi connectivity index (χ1v) is 6.46. The summed E-state index contributed by atoms with van der Waals surface area (Å²) < 4.78 is 11.6. The summed E-state index contributed by atoms with van der Waals surface area (Å²) in [4.78, 5) is 10.6. The van der Waals surface area contributed by atoms with E-state index >= 15 is 0 Å². The number of benzene rings is 1. The van der Waals surface area contributed by atoms with Crippen molar-refractivity contribution < 1.29 is 14.3 Å². The van der Waals surface area contributed by atoms with Crippen LogP contribution in [0.25, 0.3) is 6.08 Å². The Labute approximate surface area is 137 Å². The van der Waals surface area contributed by atoms with Crippen molar-refractivity contribution in [3.63, 3.8) is 0 Å². The van der Waals surface area contributed by atoms with E-state index in [1.54, 1.807) is 12.2 Å². The minimum atomic E-state index is -0.631. The number of aryl methyl sites for hydroxylation is 1. The molecule has 0 spiro atoms. The predicted molar refractivity (Wildman–Crippen MR) is 85.8 cm³/mol. The van der Waals surface area contributed by atoms with E-state index < -0.39 is 11.7 Å². The molecule has 1 aromatic rings. The number of amides is 1. The van der Waals surface area contributed by atoms with Gasteiger partial charge in [-0.1, -0.05) is 18.2 Å². The fourth-order valence-electron chi connectivity index (χ4n) is 2.24. The molecule has 0 atom stereocenters. The van der Waals surface area contributed by atoms with Crippen LogP contribution in [0.4, 0.5) is 0 Å². The maximum atomic E-state index is 10.6. The maximum absolute atomic E-state index is 10.6. The fraction of sp³-hybridized carbons (Fsp3) is 0.312. The number of carbonyl (C=O) groups excluding carboxylic acids is 1. The van der Waals surface area contributed by atoms with Crippen LogP contribution in [0.5, 0.6) is 11.5 Å². The summed E-state index contributed by atoms with van der Waals surface area (Å²) in [5, 5.41) is 0. The molecule has 1 aliphatic rings. The number of nitrogens with two attached hydrogens (primary N) is 1. The van der Waals surface area contributed by atoms with Gasteiger partial charge in [0.2, 0.25) is 11.7 Å². The Hall–Kier alpha value is -1.63. The number of allylic oxidation sites excluding steroid dienone is 2.